The maximum Gasteiger partial charge on any atom is 0.319 e. The third-order valence-electron chi connectivity index (χ3n) is 4.42. The average Bonchev–Trinajstić information content (AvgIpc) is 2.62. The van der Waals surface area contributed by atoms with Gasteiger partial charge < -0.3 is 15.5 Å². The summed E-state index contributed by atoms with van der Waals surface area (Å²) in [4.78, 5) is 37.9. The van der Waals surface area contributed by atoms with Crippen molar-refractivity contribution in [3.63, 3.8) is 0 Å². The third kappa shape index (κ3) is 9.94. The van der Waals surface area contributed by atoms with Crippen molar-refractivity contribution in [2.24, 2.45) is 11.3 Å². The molecule has 0 aromatic heterocycles. The van der Waals surface area contributed by atoms with Gasteiger partial charge in [0, 0.05) is 25.2 Å². The molecule has 0 aliphatic rings. The number of nitrogens with zero attached hydrogens (tertiary/aromatic N) is 1. The Balaban J connectivity index is 2.61. The van der Waals surface area contributed by atoms with Crippen LogP contribution in [0.4, 0.5) is 10.5 Å². The molecule has 0 aliphatic heterocycles. The summed E-state index contributed by atoms with van der Waals surface area (Å²) >= 11 is 0. The van der Waals surface area contributed by atoms with Gasteiger partial charge in [-0.1, -0.05) is 39.8 Å². The van der Waals surface area contributed by atoms with Gasteiger partial charge in [-0.05, 0) is 42.4 Å². The average molecular weight is 407 g/mol. The summed E-state index contributed by atoms with van der Waals surface area (Å²) in [7, 11) is 0. The third-order valence-corrected chi connectivity index (χ3v) is 4.42. The highest BCUT2D eigenvalue weighted by Crippen LogP contribution is 2.21. The van der Waals surface area contributed by atoms with E-state index in [9.17, 15) is 14.4 Å². The van der Waals surface area contributed by atoms with Crippen molar-refractivity contribution in [2.75, 3.05) is 25.0 Å². The molecule has 0 spiro atoms. The predicted octanol–water partition coefficient (Wildman–Crippen LogP) is 2.91. The van der Waals surface area contributed by atoms with Crippen LogP contribution < -0.4 is 16.1 Å². The van der Waals surface area contributed by atoms with E-state index in [0.29, 0.717) is 24.7 Å². The van der Waals surface area contributed by atoms with E-state index in [1.807, 2.05) is 52.8 Å². The van der Waals surface area contributed by atoms with Gasteiger partial charge in [0.1, 0.15) is 6.54 Å². The normalized spacial score (nSPS) is 11.1. The number of amides is 4. The van der Waals surface area contributed by atoms with Crippen LogP contribution in [0.2, 0.25) is 0 Å². The largest absolute Gasteiger partial charge is 0.337 e. The summed E-state index contributed by atoms with van der Waals surface area (Å²) in [6.45, 7) is 10.3. The highest BCUT2D eigenvalue weighted by Gasteiger charge is 2.27. The van der Waals surface area contributed by atoms with Gasteiger partial charge in [0.05, 0.1) is 0 Å². The van der Waals surface area contributed by atoms with Crippen LogP contribution in [0, 0.1) is 18.3 Å². The molecule has 1 aromatic carbocycles. The molecule has 8 nitrogen and oxygen atoms in total. The molecular weight excluding hydrogens is 372 g/mol. The smallest absolute Gasteiger partial charge is 0.319 e. The molecule has 1 aromatic rings. The molecule has 0 saturated carbocycles. The number of benzene rings is 1. The molecule has 0 aliphatic carbocycles. The Morgan fingerprint density at radius 3 is 2.48 bits per heavy atom. The minimum Gasteiger partial charge on any atom is -0.337 e. The quantitative estimate of drug-likeness (QED) is 0.354. The van der Waals surface area contributed by atoms with Gasteiger partial charge in [-0.3, -0.25) is 14.8 Å². The van der Waals surface area contributed by atoms with E-state index >= 15 is 0 Å². The molecule has 8 heteroatoms. The molecule has 0 heterocycles. The van der Waals surface area contributed by atoms with E-state index in [1.165, 1.54) is 4.90 Å². The molecule has 0 atom stereocenters. The lowest BCUT2D eigenvalue weighted by atomic mass is 9.88. The fourth-order valence-electron chi connectivity index (χ4n) is 2.72. The van der Waals surface area contributed by atoms with E-state index in [4.69, 9.17) is 5.21 Å². The lowest BCUT2D eigenvalue weighted by Crippen LogP contribution is -2.44. The zero-order valence-electron chi connectivity index (χ0n) is 18.0. The summed E-state index contributed by atoms with van der Waals surface area (Å²) < 4.78 is 0. The highest BCUT2D eigenvalue weighted by molar-refractivity contribution is 5.89. The molecule has 0 fully saturated rings. The van der Waals surface area contributed by atoms with Crippen LogP contribution in [0.1, 0.15) is 46.1 Å². The second-order valence-electron chi connectivity index (χ2n) is 8.55. The minimum atomic E-state index is -0.629. The van der Waals surface area contributed by atoms with Crippen LogP contribution >= 0.6 is 0 Å². The Labute approximate surface area is 173 Å². The number of hydroxylamine groups is 1. The first-order valence-corrected chi connectivity index (χ1v) is 9.84. The van der Waals surface area contributed by atoms with Gasteiger partial charge in [-0.2, -0.15) is 0 Å². The summed E-state index contributed by atoms with van der Waals surface area (Å²) in [5.74, 6) is -0.446. The monoisotopic (exact) mass is 406 g/mol. The topological polar surface area (TPSA) is 111 Å². The van der Waals surface area contributed by atoms with E-state index in [0.717, 1.165) is 12.0 Å². The molecule has 4 N–H and O–H groups in total. The van der Waals surface area contributed by atoms with Gasteiger partial charge in [-0.15, -0.1) is 0 Å². The second-order valence-corrected chi connectivity index (χ2v) is 8.55. The van der Waals surface area contributed by atoms with Crippen molar-refractivity contribution >= 4 is 23.5 Å². The molecular formula is C21H34N4O4. The number of carbonyl (C=O) groups excluding carboxylic acids is 3. The van der Waals surface area contributed by atoms with Crippen molar-refractivity contribution in [3.8, 4) is 0 Å². The van der Waals surface area contributed by atoms with E-state index < -0.39 is 11.3 Å². The zero-order valence-corrected chi connectivity index (χ0v) is 18.0. The molecule has 0 saturated heterocycles. The van der Waals surface area contributed by atoms with E-state index in [1.54, 1.807) is 11.5 Å². The lowest BCUT2D eigenvalue weighted by molar-refractivity contribution is -0.140. The van der Waals surface area contributed by atoms with Gasteiger partial charge in [0.15, 0.2) is 0 Å². The Hall–Kier alpha value is -2.61. The highest BCUT2D eigenvalue weighted by atomic mass is 16.5. The van der Waals surface area contributed by atoms with Gasteiger partial charge in [0.25, 0.3) is 5.91 Å². The van der Waals surface area contributed by atoms with Gasteiger partial charge in [-0.25, -0.2) is 10.3 Å². The van der Waals surface area contributed by atoms with Crippen LogP contribution in [-0.2, 0) is 9.59 Å². The molecule has 0 unspecified atom stereocenters. The van der Waals surface area contributed by atoms with Crippen molar-refractivity contribution in [1.29, 1.82) is 0 Å². The maximum absolute atomic E-state index is 12.7. The SMILES string of the molecule is Cc1cccc(NC(=O)NCC(C)(C)CC(=O)N(CCC(C)C)CC(=O)NO)c1. The van der Waals surface area contributed by atoms with E-state index in [-0.39, 0.29) is 24.9 Å². The fraction of sp³-hybridized carbons (Fsp3) is 0.571. The molecule has 29 heavy (non-hydrogen) atoms. The zero-order chi connectivity index (χ0) is 22.0. The first kappa shape index (κ1) is 24.4. The molecule has 0 radical (unpaired) electrons. The summed E-state index contributed by atoms with van der Waals surface area (Å²) in [6, 6.07) is 7.14. The summed E-state index contributed by atoms with van der Waals surface area (Å²) in [5, 5.41) is 14.3. The number of hydrogen-bond acceptors (Lipinski definition) is 4. The van der Waals surface area contributed by atoms with Gasteiger partial charge in [0.2, 0.25) is 5.91 Å². The van der Waals surface area contributed by atoms with Crippen molar-refractivity contribution in [3.05, 3.63) is 29.8 Å². The van der Waals surface area contributed by atoms with Crippen LogP contribution in [0.25, 0.3) is 0 Å². The van der Waals surface area contributed by atoms with Crippen LogP contribution in [0.3, 0.4) is 0 Å². The number of nitrogens with one attached hydrogen (secondary N) is 3. The number of hydrogen-bond donors (Lipinski definition) is 4. The lowest BCUT2D eigenvalue weighted by Gasteiger charge is -2.29. The van der Waals surface area contributed by atoms with Crippen LogP contribution in [0.15, 0.2) is 24.3 Å². The maximum atomic E-state index is 12.7. The number of aryl methyl sites for hydroxylation is 1. The predicted molar refractivity (Wildman–Crippen MR) is 113 cm³/mol. The number of rotatable bonds is 10. The number of carbonyl (C=O) groups is 3. The summed E-state index contributed by atoms with van der Waals surface area (Å²) in [5.41, 5.74) is 2.81. The fourth-order valence-corrected chi connectivity index (χ4v) is 2.72. The number of anilines is 1. The van der Waals surface area contributed by atoms with Crippen molar-refractivity contribution in [2.45, 2.75) is 47.5 Å². The standard InChI is InChI=1S/C21H34N4O4/c1-15(2)9-10-25(13-18(26)24-29)19(27)12-21(4,5)14-22-20(28)23-17-8-6-7-16(3)11-17/h6-8,11,15,29H,9-10,12-14H2,1-5H3,(H,24,26)(H2,22,23,28). The van der Waals surface area contributed by atoms with Crippen molar-refractivity contribution in [1.82, 2.24) is 15.7 Å². The molecule has 162 valence electrons. The first-order chi connectivity index (χ1) is 13.5. The van der Waals surface area contributed by atoms with Gasteiger partial charge >= 0.3 is 6.03 Å². The molecule has 0 bridgehead atoms. The Morgan fingerprint density at radius 2 is 1.90 bits per heavy atom. The molecule has 1 rings (SSSR count). The minimum absolute atomic E-state index is 0.161. The molecule has 4 amide bonds. The second kappa shape index (κ2) is 11.4. The first-order valence-electron chi connectivity index (χ1n) is 9.84. The van der Waals surface area contributed by atoms with E-state index in [2.05, 4.69) is 10.6 Å². The Kier molecular flexibility index (Phi) is 9.61. The van der Waals surface area contributed by atoms with Crippen molar-refractivity contribution < 1.29 is 19.6 Å². The summed E-state index contributed by atoms with van der Waals surface area (Å²) in [6.07, 6.45) is 0.913. The number of urea groups is 1. The van der Waals surface area contributed by atoms with Crippen LogP contribution in [0.5, 0.6) is 0 Å². The van der Waals surface area contributed by atoms with Crippen LogP contribution in [-0.4, -0.2) is 47.6 Å². The Morgan fingerprint density at radius 1 is 1.21 bits per heavy atom. The Bertz CT molecular complexity index is 704.